The summed E-state index contributed by atoms with van der Waals surface area (Å²) in [5.74, 6) is -1.02. The van der Waals surface area contributed by atoms with Crippen LogP contribution in [0.25, 0.3) is 0 Å². The molecule has 0 radical (unpaired) electrons. The minimum Gasteiger partial charge on any atom is -0.478 e. The molecule has 1 aliphatic heterocycles. The van der Waals surface area contributed by atoms with Crippen molar-refractivity contribution in [1.82, 2.24) is 4.90 Å². The summed E-state index contributed by atoms with van der Waals surface area (Å²) in [5, 5.41) is 12.1. The van der Waals surface area contributed by atoms with Crippen molar-refractivity contribution in [3.63, 3.8) is 0 Å². The van der Waals surface area contributed by atoms with Gasteiger partial charge in [-0.2, -0.15) is 0 Å². The number of aromatic carboxylic acids is 1. The highest BCUT2D eigenvalue weighted by atomic mass is 16.4. The topological polar surface area (TPSA) is 69.6 Å². The summed E-state index contributed by atoms with van der Waals surface area (Å²) in [6.45, 7) is 5.79. The van der Waals surface area contributed by atoms with Gasteiger partial charge in [0.05, 0.1) is 11.3 Å². The molecule has 0 saturated carbocycles. The van der Waals surface area contributed by atoms with Gasteiger partial charge in [0.1, 0.15) is 0 Å². The molecule has 1 fully saturated rings. The fourth-order valence-electron chi connectivity index (χ4n) is 3.06. The number of amides is 2. The first-order chi connectivity index (χ1) is 9.91. The molecule has 5 heteroatoms. The Bertz CT molecular complexity index is 546. The third-order valence-corrected chi connectivity index (χ3v) is 4.16. The molecule has 2 unspecified atom stereocenters. The molecule has 0 aliphatic carbocycles. The summed E-state index contributed by atoms with van der Waals surface area (Å²) in [7, 11) is 0. The highest BCUT2D eigenvalue weighted by molar-refractivity contribution is 6.01. The summed E-state index contributed by atoms with van der Waals surface area (Å²) >= 11 is 0. The van der Waals surface area contributed by atoms with Gasteiger partial charge in [-0.05, 0) is 51.7 Å². The number of nitrogens with zero attached hydrogens (tertiary/aromatic N) is 1. The molecule has 21 heavy (non-hydrogen) atoms. The molecule has 0 bridgehead atoms. The normalized spacial score (nSPS) is 22.0. The van der Waals surface area contributed by atoms with E-state index in [1.54, 1.807) is 25.1 Å². The number of piperidine rings is 1. The zero-order valence-corrected chi connectivity index (χ0v) is 12.7. The molecule has 1 aromatic carbocycles. The lowest BCUT2D eigenvalue weighted by molar-refractivity contribution is 0.0697. The van der Waals surface area contributed by atoms with Gasteiger partial charge in [0.25, 0.3) is 0 Å². The van der Waals surface area contributed by atoms with E-state index in [4.69, 9.17) is 0 Å². The Morgan fingerprint density at radius 1 is 1.24 bits per heavy atom. The Kier molecular flexibility index (Phi) is 4.50. The molecule has 1 aliphatic rings. The van der Waals surface area contributed by atoms with Crippen LogP contribution in [-0.2, 0) is 0 Å². The number of benzene rings is 1. The summed E-state index contributed by atoms with van der Waals surface area (Å²) in [6.07, 6.45) is 3.09. The largest absolute Gasteiger partial charge is 0.478 e. The Hall–Kier alpha value is -2.04. The lowest BCUT2D eigenvalue weighted by Gasteiger charge is -2.39. The fourth-order valence-corrected chi connectivity index (χ4v) is 3.06. The second-order valence-corrected chi connectivity index (χ2v) is 5.77. The van der Waals surface area contributed by atoms with Crippen LogP contribution < -0.4 is 5.32 Å². The Labute approximate surface area is 125 Å². The van der Waals surface area contributed by atoms with Crippen LogP contribution in [0.3, 0.4) is 0 Å². The number of rotatable bonds is 2. The number of hydrogen-bond acceptors (Lipinski definition) is 2. The van der Waals surface area contributed by atoms with Crippen molar-refractivity contribution in [2.45, 2.75) is 52.1 Å². The van der Waals surface area contributed by atoms with Gasteiger partial charge in [-0.1, -0.05) is 12.1 Å². The lowest BCUT2D eigenvalue weighted by atomic mass is 9.98. The van der Waals surface area contributed by atoms with Crippen molar-refractivity contribution in [1.29, 1.82) is 0 Å². The van der Waals surface area contributed by atoms with Crippen LogP contribution in [0, 0.1) is 6.92 Å². The molecule has 114 valence electrons. The third kappa shape index (κ3) is 3.17. The zero-order chi connectivity index (χ0) is 15.6. The highest BCUT2D eigenvalue weighted by Crippen LogP contribution is 2.25. The van der Waals surface area contributed by atoms with E-state index >= 15 is 0 Å². The van der Waals surface area contributed by atoms with Crippen molar-refractivity contribution in [3.05, 3.63) is 29.3 Å². The second kappa shape index (κ2) is 6.16. The molecule has 2 rings (SSSR count). The number of likely N-dealkylation sites (tertiary alicyclic amines) is 1. The quantitative estimate of drug-likeness (QED) is 0.876. The van der Waals surface area contributed by atoms with Gasteiger partial charge < -0.3 is 15.3 Å². The van der Waals surface area contributed by atoms with Crippen molar-refractivity contribution in [3.8, 4) is 0 Å². The molecular formula is C16H22N2O3. The summed E-state index contributed by atoms with van der Waals surface area (Å²) in [5.41, 5.74) is 1.15. The maximum Gasteiger partial charge on any atom is 0.338 e. The van der Waals surface area contributed by atoms with Crippen molar-refractivity contribution >= 4 is 17.7 Å². The maximum absolute atomic E-state index is 12.5. The average molecular weight is 290 g/mol. The fraction of sp³-hybridized carbons (Fsp3) is 0.500. The van der Waals surface area contributed by atoms with E-state index in [0.29, 0.717) is 11.3 Å². The molecule has 1 heterocycles. The summed E-state index contributed by atoms with van der Waals surface area (Å²) in [6, 6.07) is 5.24. The zero-order valence-electron chi connectivity index (χ0n) is 12.7. The molecular weight excluding hydrogens is 268 g/mol. The van der Waals surface area contributed by atoms with E-state index in [2.05, 4.69) is 5.32 Å². The van der Waals surface area contributed by atoms with Crippen LogP contribution in [0.4, 0.5) is 10.5 Å². The molecule has 2 atom stereocenters. The van der Waals surface area contributed by atoms with Gasteiger partial charge in [0, 0.05) is 12.1 Å². The Balaban J connectivity index is 2.24. The molecule has 0 aromatic heterocycles. The number of carbonyl (C=O) groups excluding carboxylic acids is 1. The van der Waals surface area contributed by atoms with Gasteiger partial charge >= 0.3 is 12.0 Å². The van der Waals surface area contributed by atoms with Crippen LogP contribution in [0.2, 0.25) is 0 Å². The van der Waals surface area contributed by atoms with E-state index in [1.807, 2.05) is 18.7 Å². The third-order valence-electron chi connectivity index (χ3n) is 4.16. The average Bonchev–Trinajstić information content (AvgIpc) is 2.37. The number of anilines is 1. The van der Waals surface area contributed by atoms with Crippen LogP contribution in [0.5, 0.6) is 0 Å². The Morgan fingerprint density at radius 2 is 1.86 bits per heavy atom. The van der Waals surface area contributed by atoms with Gasteiger partial charge in [-0.25, -0.2) is 9.59 Å². The van der Waals surface area contributed by atoms with Crippen LogP contribution in [-0.4, -0.2) is 34.1 Å². The SMILES string of the molecule is Cc1cccc(NC(=O)N2C(C)CCCC2C)c1C(=O)O. The van der Waals surface area contributed by atoms with Gasteiger partial charge in [0.15, 0.2) is 0 Å². The minimum absolute atomic E-state index is 0.156. The number of carboxylic acid groups (broad SMARTS) is 1. The molecule has 5 nitrogen and oxygen atoms in total. The van der Waals surface area contributed by atoms with Crippen molar-refractivity contribution in [2.24, 2.45) is 0 Å². The van der Waals surface area contributed by atoms with E-state index in [0.717, 1.165) is 19.3 Å². The van der Waals surface area contributed by atoms with Crippen molar-refractivity contribution in [2.75, 3.05) is 5.32 Å². The lowest BCUT2D eigenvalue weighted by Crippen LogP contribution is -2.49. The number of carboxylic acids is 1. The number of hydrogen-bond donors (Lipinski definition) is 2. The van der Waals surface area contributed by atoms with Gasteiger partial charge in [0.2, 0.25) is 0 Å². The first-order valence-corrected chi connectivity index (χ1v) is 7.34. The molecule has 2 N–H and O–H groups in total. The predicted octanol–water partition coefficient (Wildman–Crippen LogP) is 3.49. The van der Waals surface area contributed by atoms with Crippen LogP contribution in [0.15, 0.2) is 18.2 Å². The highest BCUT2D eigenvalue weighted by Gasteiger charge is 2.29. The molecule has 1 saturated heterocycles. The summed E-state index contributed by atoms with van der Waals surface area (Å²) < 4.78 is 0. The van der Waals surface area contributed by atoms with Gasteiger partial charge in [-0.15, -0.1) is 0 Å². The maximum atomic E-state index is 12.5. The predicted molar refractivity (Wildman–Crippen MR) is 81.8 cm³/mol. The van der Waals surface area contributed by atoms with E-state index in [9.17, 15) is 14.7 Å². The number of carbonyl (C=O) groups is 2. The minimum atomic E-state index is -1.02. The first kappa shape index (κ1) is 15.4. The standard InChI is InChI=1S/C16H22N2O3/c1-10-6-4-9-13(14(10)15(19)20)17-16(21)18-11(2)7-5-8-12(18)3/h4,6,9,11-12H,5,7-8H2,1-3H3,(H,17,21)(H,19,20). The van der Waals surface area contributed by atoms with Crippen molar-refractivity contribution < 1.29 is 14.7 Å². The smallest absolute Gasteiger partial charge is 0.338 e. The summed E-state index contributed by atoms with van der Waals surface area (Å²) in [4.78, 5) is 25.7. The van der Waals surface area contributed by atoms with Gasteiger partial charge in [-0.3, -0.25) is 0 Å². The van der Waals surface area contributed by atoms with E-state index < -0.39 is 5.97 Å². The number of urea groups is 1. The molecule has 1 aromatic rings. The number of nitrogens with one attached hydrogen (secondary N) is 1. The second-order valence-electron chi connectivity index (χ2n) is 5.77. The molecule has 2 amide bonds. The van der Waals surface area contributed by atoms with E-state index in [1.165, 1.54) is 0 Å². The van der Waals surface area contributed by atoms with Crippen LogP contribution in [0.1, 0.15) is 49.0 Å². The van der Waals surface area contributed by atoms with E-state index in [-0.39, 0.29) is 23.7 Å². The monoisotopic (exact) mass is 290 g/mol. The molecule has 0 spiro atoms. The van der Waals surface area contributed by atoms with Crippen LogP contribution >= 0.6 is 0 Å². The first-order valence-electron chi connectivity index (χ1n) is 7.34. The Morgan fingerprint density at radius 3 is 2.43 bits per heavy atom. The number of aryl methyl sites for hydroxylation is 1.